The molecule has 0 aromatic carbocycles. The maximum absolute atomic E-state index is 8.67. The fourth-order valence-electron chi connectivity index (χ4n) is 0.947. The van der Waals surface area contributed by atoms with Crippen LogP contribution in [0.4, 0.5) is 0 Å². The standard InChI is InChI=1S/C10H14N2/c1-3-4-5-6-10(8-12)9(2)7-11/h3-6H2,1-2H3/b10-9-. The largest absolute Gasteiger partial charge is 0.193 e. The van der Waals surface area contributed by atoms with Crippen LogP contribution < -0.4 is 0 Å². The van der Waals surface area contributed by atoms with Crippen LogP contribution in [0.15, 0.2) is 11.1 Å². The van der Waals surface area contributed by atoms with Gasteiger partial charge in [0, 0.05) is 11.1 Å². The number of hydrogen-bond donors (Lipinski definition) is 0. The van der Waals surface area contributed by atoms with Gasteiger partial charge in [-0.2, -0.15) is 10.5 Å². The summed E-state index contributed by atoms with van der Waals surface area (Å²) in [7, 11) is 0. The molecule has 0 aliphatic rings. The van der Waals surface area contributed by atoms with Crippen LogP contribution in [0.25, 0.3) is 0 Å². The Labute approximate surface area is 74.1 Å². The molecular formula is C10H14N2. The monoisotopic (exact) mass is 162 g/mol. The first-order chi connectivity index (χ1) is 5.76. The number of nitriles is 2. The van der Waals surface area contributed by atoms with Crippen molar-refractivity contribution in [3.05, 3.63) is 11.1 Å². The smallest absolute Gasteiger partial charge is 0.0957 e. The van der Waals surface area contributed by atoms with Gasteiger partial charge in [0.1, 0.15) is 0 Å². The number of hydrogen-bond acceptors (Lipinski definition) is 2. The minimum atomic E-state index is 0.564. The molecule has 12 heavy (non-hydrogen) atoms. The highest BCUT2D eigenvalue weighted by atomic mass is 14.3. The molecule has 0 spiro atoms. The van der Waals surface area contributed by atoms with Crippen molar-refractivity contribution in [3.8, 4) is 12.1 Å². The summed E-state index contributed by atoms with van der Waals surface area (Å²) in [6, 6.07) is 4.07. The Kier molecular flexibility index (Phi) is 5.75. The summed E-state index contributed by atoms with van der Waals surface area (Å²) in [5.74, 6) is 0. The van der Waals surface area contributed by atoms with Crippen molar-refractivity contribution >= 4 is 0 Å². The van der Waals surface area contributed by atoms with Gasteiger partial charge in [0.2, 0.25) is 0 Å². The lowest BCUT2D eigenvalue weighted by atomic mass is 10.0. The Bertz CT molecular complexity index is 238. The lowest BCUT2D eigenvalue weighted by molar-refractivity contribution is 0.718. The van der Waals surface area contributed by atoms with E-state index in [9.17, 15) is 0 Å². The predicted molar refractivity (Wildman–Crippen MR) is 48.1 cm³/mol. The molecule has 0 aromatic heterocycles. The molecular weight excluding hydrogens is 148 g/mol. The number of allylic oxidation sites excluding steroid dienone is 2. The van der Waals surface area contributed by atoms with E-state index in [2.05, 4.69) is 13.0 Å². The van der Waals surface area contributed by atoms with Gasteiger partial charge in [0.15, 0.2) is 0 Å². The highest BCUT2D eigenvalue weighted by Gasteiger charge is 1.99. The van der Waals surface area contributed by atoms with E-state index in [1.54, 1.807) is 6.92 Å². The van der Waals surface area contributed by atoms with Crippen molar-refractivity contribution in [2.75, 3.05) is 0 Å². The summed E-state index contributed by atoms with van der Waals surface area (Å²) in [5, 5.41) is 17.2. The molecule has 0 bridgehead atoms. The van der Waals surface area contributed by atoms with Crippen molar-refractivity contribution in [1.82, 2.24) is 0 Å². The molecule has 0 fully saturated rings. The van der Waals surface area contributed by atoms with Gasteiger partial charge >= 0.3 is 0 Å². The fourth-order valence-corrected chi connectivity index (χ4v) is 0.947. The first-order valence-electron chi connectivity index (χ1n) is 4.26. The van der Waals surface area contributed by atoms with Crippen LogP contribution in [-0.2, 0) is 0 Å². The van der Waals surface area contributed by atoms with Crippen molar-refractivity contribution < 1.29 is 0 Å². The summed E-state index contributed by atoms with van der Waals surface area (Å²) < 4.78 is 0. The molecule has 0 N–H and O–H groups in total. The molecule has 0 aliphatic heterocycles. The van der Waals surface area contributed by atoms with Crippen LogP contribution in [-0.4, -0.2) is 0 Å². The molecule has 2 nitrogen and oxygen atoms in total. The molecule has 0 unspecified atom stereocenters. The highest BCUT2D eigenvalue weighted by Crippen LogP contribution is 2.11. The zero-order valence-electron chi connectivity index (χ0n) is 7.72. The Morgan fingerprint density at radius 3 is 2.25 bits per heavy atom. The van der Waals surface area contributed by atoms with E-state index in [-0.39, 0.29) is 0 Å². The van der Waals surface area contributed by atoms with Crippen LogP contribution in [0.1, 0.15) is 39.5 Å². The minimum absolute atomic E-state index is 0.564. The zero-order chi connectivity index (χ0) is 9.40. The van der Waals surface area contributed by atoms with E-state index < -0.39 is 0 Å². The van der Waals surface area contributed by atoms with Crippen molar-refractivity contribution in [2.24, 2.45) is 0 Å². The molecule has 0 rings (SSSR count). The van der Waals surface area contributed by atoms with Crippen LogP contribution in [0.5, 0.6) is 0 Å². The molecule has 0 aliphatic carbocycles. The third-order valence-electron chi connectivity index (χ3n) is 1.79. The SMILES string of the molecule is CCCCC/C(C#N)=C(\C)C#N. The number of rotatable bonds is 4. The minimum Gasteiger partial charge on any atom is -0.193 e. The molecule has 0 saturated carbocycles. The molecule has 0 heterocycles. The van der Waals surface area contributed by atoms with Gasteiger partial charge in [-0.05, 0) is 19.8 Å². The summed E-state index contributed by atoms with van der Waals surface area (Å²) in [4.78, 5) is 0. The molecule has 0 saturated heterocycles. The third kappa shape index (κ3) is 3.78. The first-order valence-corrected chi connectivity index (χ1v) is 4.26. The van der Waals surface area contributed by atoms with Crippen molar-refractivity contribution in [1.29, 1.82) is 10.5 Å². The lowest BCUT2D eigenvalue weighted by Crippen LogP contribution is -1.85. The number of nitrogens with zero attached hydrogens (tertiary/aromatic N) is 2. The highest BCUT2D eigenvalue weighted by molar-refractivity contribution is 5.34. The van der Waals surface area contributed by atoms with Crippen molar-refractivity contribution in [2.45, 2.75) is 39.5 Å². The summed E-state index contributed by atoms with van der Waals surface area (Å²) in [6.45, 7) is 3.82. The van der Waals surface area contributed by atoms with Gasteiger partial charge in [-0.3, -0.25) is 0 Å². The second kappa shape index (κ2) is 6.43. The Balaban J connectivity index is 4.05. The van der Waals surface area contributed by atoms with E-state index in [0.717, 1.165) is 25.7 Å². The van der Waals surface area contributed by atoms with Crippen LogP contribution in [0.3, 0.4) is 0 Å². The molecule has 0 amide bonds. The van der Waals surface area contributed by atoms with Crippen LogP contribution in [0.2, 0.25) is 0 Å². The Morgan fingerprint density at radius 2 is 1.83 bits per heavy atom. The van der Waals surface area contributed by atoms with E-state index >= 15 is 0 Å². The van der Waals surface area contributed by atoms with E-state index in [4.69, 9.17) is 10.5 Å². The average molecular weight is 162 g/mol. The molecule has 2 heteroatoms. The zero-order valence-corrected chi connectivity index (χ0v) is 7.72. The van der Waals surface area contributed by atoms with Gasteiger partial charge in [0.05, 0.1) is 12.1 Å². The maximum atomic E-state index is 8.67. The lowest BCUT2D eigenvalue weighted by Gasteiger charge is -1.97. The van der Waals surface area contributed by atoms with E-state index in [1.165, 1.54) is 0 Å². The van der Waals surface area contributed by atoms with Crippen LogP contribution in [0, 0.1) is 22.7 Å². The third-order valence-corrected chi connectivity index (χ3v) is 1.79. The maximum Gasteiger partial charge on any atom is 0.0957 e. The quantitative estimate of drug-likeness (QED) is 0.471. The second-order valence-corrected chi connectivity index (χ2v) is 2.78. The van der Waals surface area contributed by atoms with Gasteiger partial charge in [-0.25, -0.2) is 0 Å². The summed E-state index contributed by atoms with van der Waals surface area (Å²) in [6.07, 6.45) is 4.04. The van der Waals surface area contributed by atoms with Gasteiger partial charge in [-0.1, -0.05) is 19.8 Å². The molecule has 0 atom stereocenters. The first kappa shape index (κ1) is 10.7. The van der Waals surface area contributed by atoms with Gasteiger partial charge in [0.25, 0.3) is 0 Å². The Morgan fingerprint density at radius 1 is 1.17 bits per heavy atom. The van der Waals surface area contributed by atoms with Gasteiger partial charge < -0.3 is 0 Å². The molecule has 64 valence electrons. The summed E-state index contributed by atoms with van der Waals surface area (Å²) in [5.41, 5.74) is 1.21. The van der Waals surface area contributed by atoms with Crippen LogP contribution >= 0.6 is 0 Å². The Hall–Kier alpha value is -1.28. The molecule has 0 radical (unpaired) electrons. The fraction of sp³-hybridized carbons (Fsp3) is 0.600. The van der Waals surface area contributed by atoms with E-state index in [1.807, 2.05) is 6.07 Å². The molecule has 0 aromatic rings. The normalized spacial score (nSPS) is 11.3. The summed E-state index contributed by atoms with van der Waals surface area (Å²) >= 11 is 0. The van der Waals surface area contributed by atoms with E-state index in [0.29, 0.717) is 11.1 Å². The average Bonchev–Trinajstić information content (AvgIpc) is 2.11. The van der Waals surface area contributed by atoms with Gasteiger partial charge in [-0.15, -0.1) is 0 Å². The number of unbranched alkanes of at least 4 members (excludes halogenated alkanes) is 2. The predicted octanol–water partition coefficient (Wildman–Crippen LogP) is 2.93. The topological polar surface area (TPSA) is 47.6 Å². The van der Waals surface area contributed by atoms with Crippen molar-refractivity contribution in [3.63, 3.8) is 0 Å². The second-order valence-electron chi connectivity index (χ2n) is 2.78.